The summed E-state index contributed by atoms with van der Waals surface area (Å²) in [5, 5.41) is 14.7. The van der Waals surface area contributed by atoms with Crippen molar-refractivity contribution in [1.29, 1.82) is 0 Å². The number of oxime groups is 1. The third-order valence-corrected chi connectivity index (χ3v) is 2.56. The van der Waals surface area contributed by atoms with Crippen LogP contribution in [0.2, 0.25) is 0 Å². The number of para-hydroxylation sites is 1. The van der Waals surface area contributed by atoms with Gasteiger partial charge in [0.25, 0.3) is 0 Å². The summed E-state index contributed by atoms with van der Waals surface area (Å²) in [6.07, 6.45) is 1.25. The summed E-state index contributed by atoms with van der Waals surface area (Å²) >= 11 is 0. The number of anilines is 1. The molecular weight excluding hydrogens is 244 g/mol. The van der Waals surface area contributed by atoms with Crippen LogP contribution in [0.1, 0.15) is 32.3 Å². The summed E-state index contributed by atoms with van der Waals surface area (Å²) in [6, 6.07) is 7.20. The van der Waals surface area contributed by atoms with Gasteiger partial charge < -0.3 is 15.3 Å². The second-order valence-corrected chi connectivity index (χ2v) is 4.14. The van der Waals surface area contributed by atoms with Gasteiger partial charge in [0.2, 0.25) is 5.91 Å². The van der Waals surface area contributed by atoms with Crippen molar-refractivity contribution >= 4 is 17.3 Å². The van der Waals surface area contributed by atoms with Crippen LogP contribution in [0.25, 0.3) is 0 Å². The van der Waals surface area contributed by atoms with Crippen molar-refractivity contribution in [1.82, 2.24) is 0 Å². The standard InChI is InChI=1S/C14H20N2O3/c1-3-9-19-10-8-14(17)15-13-7-5-4-6-12(13)11(2)16-18/h4-7,18H,3,8-10H2,1-2H3,(H,15,17). The molecule has 0 saturated heterocycles. The highest BCUT2D eigenvalue weighted by Crippen LogP contribution is 2.16. The van der Waals surface area contributed by atoms with Crippen molar-refractivity contribution in [3.8, 4) is 0 Å². The molecule has 0 radical (unpaired) electrons. The zero-order valence-electron chi connectivity index (χ0n) is 11.3. The minimum absolute atomic E-state index is 0.116. The van der Waals surface area contributed by atoms with Gasteiger partial charge in [-0.3, -0.25) is 4.79 Å². The van der Waals surface area contributed by atoms with Crippen LogP contribution in [-0.4, -0.2) is 30.0 Å². The van der Waals surface area contributed by atoms with E-state index in [9.17, 15) is 4.79 Å². The largest absolute Gasteiger partial charge is 0.411 e. The average molecular weight is 264 g/mol. The fourth-order valence-electron chi connectivity index (χ4n) is 1.59. The quantitative estimate of drug-likeness (QED) is 0.344. The molecule has 1 aromatic rings. The molecule has 0 aliphatic rings. The normalized spacial score (nSPS) is 11.4. The van der Waals surface area contributed by atoms with Gasteiger partial charge in [-0.25, -0.2) is 0 Å². The van der Waals surface area contributed by atoms with Crippen LogP contribution < -0.4 is 5.32 Å². The number of nitrogens with zero attached hydrogens (tertiary/aromatic N) is 1. The van der Waals surface area contributed by atoms with Crippen LogP contribution in [0.15, 0.2) is 29.4 Å². The second kappa shape index (κ2) is 8.26. The number of hydrogen-bond acceptors (Lipinski definition) is 4. The van der Waals surface area contributed by atoms with E-state index in [1.165, 1.54) is 0 Å². The number of carbonyl (C=O) groups is 1. The monoisotopic (exact) mass is 264 g/mol. The summed E-state index contributed by atoms with van der Waals surface area (Å²) in [4.78, 5) is 11.7. The number of ether oxygens (including phenoxy) is 1. The van der Waals surface area contributed by atoms with Crippen molar-refractivity contribution in [3.63, 3.8) is 0 Å². The molecule has 0 fully saturated rings. The van der Waals surface area contributed by atoms with E-state index in [4.69, 9.17) is 9.94 Å². The lowest BCUT2D eigenvalue weighted by molar-refractivity contribution is -0.117. The maximum Gasteiger partial charge on any atom is 0.226 e. The molecule has 0 aromatic heterocycles. The molecule has 0 aliphatic heterocycles. The molecule has 0 heterocycles. The minimum atomic E-state index is -0.116. The Morgan fingerprint density at radius 2 is 2.11 bits per heavy atom. The minimum Gasteiger partial charge on any atom is -0.411 e. The zero-order valence-corrected chi connectivity index (χ0v) is 11.3. The molecule has 0 saturated carbocycles. The molecule has 1 aromatic carbocycles. The van der Waals surface area contributed by atoms with Gasteiger partial charge in [-0.2, -0.15) is 0 Å². The number of rotatable bonds is 7. The van der Waals surface area contributed by atoms with Crippen LogP contribution in [0.3, 0.4) is 0 Å². The second-order valence-electron chi connectivity index (χ2n) is 4.14. The first-order valence-corrected chi connectivity index (χ1v) is 6.34. The van der Waals surface area contributed by atoms with Gasteiger partial charge >= 0.3 is 0 Å². The van der Waals surface area contributed by atoms with Crippen LogP contribution in [0.5, 0.6) is 0 Å². The Morgan fingerprint density at radius 3 is 2.79 bits per heavy atom. The van der Waals surface area contributed by atoms with E-state index < -0.39 is 0 Å². The predicted molar refractivity (Wildman–Crippen MR) is 74.8 cm³/mol. The Kier molecular flexibility index (Phi) is 6.60. The lowest BCUT2D eigenvalue weighted by Crippen LogP contribution is -2.16. The summed E-state index contributed by atoms with van der Waals surface area (Å²) in [5.41, 5.74) is 1.80. The van der Waals surface area contributed by atoms with Gasteiger partial charge in [-0.1, -0.05) is 30.3 Å². The third kappa shape index (κ3) is 5.09. The van der Waals surface area contributed by atoms with Gasteiger partial charge in [-0.15, -0.1) is 0 Å². The van der Waals surface area contributed by atoms with Gasteiger partial charge in [-0.05, 0) is 19.4 Å². The van der Waals surface area contributed by atoms with Gasteiger partial charge in [0.05, 0.1) is 18.7 Å². The Labute approximate surface area is 113 Å². The van der Waals surface area contributed by atoms with E-state index in [0.717, 1.165) is 6.42 Å². The van der Waals surface area contributed by atoms with E-state index >= 15 is 0 Å². The van der Waals surface area contributed by atoms with E-state index in [1.54, 1.807) is 19.1 Å². The van der Waals surface area contributed by atoms with Gasteiger partial charge in [0.15, 0.2) is 0 Å². The summed E-state index contributed by atoms with van der Waals surface area (Å²) in [5.74, 6) is -0.116. The SMILES string of the molecule is CCCOCCC(=O)Nc1ccccc1C(C)=NO. The molecule has 0 atom stereocenters. The van der Waals surface area contributed by atoms with E-state index in [-0.39, 0.29) is 5.91 Å². The molecule has 5 nitrogen and oxygen atoms in total. The molecule has 104 valence electrons. The van der Waals surface area contributed by atoms with Crippen LogP contribution in [0, 0.1) is 0 Å². The summed E-state index contributed by atoms with van der Waals surface area (Å²) in [6.45, 7) is 4.78. The Balaban J connectivity index is 2.59. The number of benzene rings is 1. The molecule has 2 N–H and O–H groups in total. The first-order valence-electron chi connectivity index (χ1n) is 6.34. The van der Waals surface area contributed by atoms with Gasteiger partial charge in [0, 0.05) is 17.9 Å². The molecule has 19 heavy (non-hydrogen) atoms. The molecule has 1 rings (SSSR count). The number of nitrogens with one attached hydrogen (secondary N) is 1. The van der Waals surface area contributed by atoms with Crippen molar-refractivity contribution in [2.45, 2.75) is 26.7 Å². The molecule has 0 aliphatic carbocycles. The van der Waals surface area contributed by atoms with Crippen molar-refractivity contribution in [3.05, 3.63) is 29.8 Å². The van der Waals surface area contributed by atoms with Crippen LogP contribution in [-0.2, 0) is 9.53 Å². The summed E-state index contributed by atoms with van der Waals surface area (Å²) in [7, 11) is 0. The molecule has 5 heteroatoms. The van der Waals surface area contributed by atoms with Crippen molar-refractivity contribution < 1.29 is 14.7 Å². The van der Waals surface area contributed by atoms with Crippen LogP contribution in [0.4, 0.5) is 5.69 Å². The smallest absolute Gasteiger partial charge is 0.226 e. The first-order chi connectivity index (χ1) is 9.19. The van der Waals surface area contributed by atoms with E-state index in [0.29, 0.717) is 36.6 Å². The Morgan fingerprint density at radius 1 is 1.37 bits per heavy atom. The highest BCUT2D eigenvalue weighted by Gasteiger charge is 2.08. The predicted octanol–water partition coefficient (Wildman–Crippen LogP) is 2.64. The van der Waals surface area contributed by atoms with Gasteiger partial charge in [0.1, 0.15) is 0 Å². The lowest BCUT2D eigenvalue weighted by atomic mass is 10.1. The third-order valence-electron chi connectivity index (χ3n) is 2.56. The van der Waals surface area contributed by atoms with E-state index in [1.807, 2.05) is 19.1 Å². The Bertz CT molecular complexity index is 444. The number of amides is 1. The fourth-order valence-corrected chi connectivity index (χ4v) is 1.59. The highest BCUT2D eigenvalue weighted by molar-refractivity contribution is 6.06. The first kappa shape index (κ1) is 15.2. The summed E-state index contributed by atoms with van der Waals surface area (Å²) < 4.78 is 5.27. The molecule has 1 amide bonds. The van der Waals surface area contributed by atoms with Crippen LogP contribution >= 0.6 is 0 Å². The average Bonchev–Trinajstić information content (AvgIpc) is 2.43. The molecule has 0 spiro atoms. The number of hydrogen-bond donors (Lipinski definition) is 2. The molecular formula is C14H20N2O3. The topological polar surface area (TPSA) is 70.9 Å². The zero-order chi connectivity index (χ0) is 14.1. The fraction of sp³-hybridized carbons (Fsp3) is 0.429. The molecule has 0 bridgehead atoms. The maximum atomic E-state index is 11.7. The van der Waals surface area contributed by atoms with Crippen molar-refractivity contribution in [2.24, 2.45) is 5.16 Å². The highest BCUT2D eigenvalue weighted by atomic mass is 16.5. The van der Waals surface area contributed by atoms with E-state index in [2.05, 4.69) is 10.5 Å². The van der Waals surface area contributed by atoms with Crippen molar-refractivity contribution in [2.75, 3.05) is 18.5 Å². The molecule has 0 unspecified atom stereocenters. The Hall–Kier alpha value is -1.88. The lowest BCUT2D eigenvalue weighted by Gasteiger charge is -2.10. The number of carbonyl (C=O) groups excluding carboxylic acids is 1. The maximum absolute atomic E-state index is 11.7.